The summed E-state index contributed by atoms with van der Waals surface area (Å²) < 4.78 is 0. The average molecular weight is 933 g/mol. The van der Waals surface area contributed by atoms with Crippen LogP contribution in [-0.2, 0) is 39.0 Å². The summed E-state index contributed by atoms with van der Waals surface area (Å²) in [5.41, 5.74) is 19.0. The van der Waals surface area contributed by atoms with Crippen LogP contribution in [0.25, 0.3) is 66.1 Å². The van der Waals surface area contributed by atoms with Gasteiger partial charge in [-0.2, -0.15) is 12.1 Å². The smallest absolute Gasteiger partial charge is 0.164 e. The van der Waals surface area contributed by atoms with Crippen molar-refractivity contribution in [2.45, 2.75) is 118 Å². The van der Waals surface area contributed by atoms with E-state index in [1.807, 2.05) is 0 Å². The van der Waals surface area contributed by atoms with E-state index in [0.29, 0.717) is 0 Å². The minimum atomic E-state index is 0. The van der Waals surface area contributed by atoms with Crippen molar-refractivity contribution in [3.63, 3.8) is 0 Å². The molecule has 10 rings (SSSR count). The summed E-state index contributed by atoms with van der Waals surface area (Å²) in [6.07, 6.45) is 16.6. The molecule has 0 heterocycles. The van der Waals surface area contributed by atoms with Crippen LogP contribution in [0.2, 0.25) is 13.1 Å². The standard InChI is InChI=1S/2C30H31.C2H6Si.Zr/c2*1-21-8-12-25(13-9-21)27-16-17-28(26-14-10-22(2)11-15-26)30-20-24(19-29(27)30)18-23-6-4-3-5-7-23;1-3-2;/h2*8-17,19-20,23H,3-7,18H2,1-2H3;1-2H3;/q2*-1;;+2. The minimum Gasteiger partial charge on any atom is -0.164 e. The second kappa shape index (κ2) is 22.7. The molecule has 0 spiro atoms. The van der Waals surface area contributed by atoms with Gasteiger partial charge in [-0.15, -0.1) is 44.8 Å². The molecule has 2 heteroatoms. The van der Waals surface area contributed by atoms with Gasteiger partial charge in [0.05, 0.1) is 0 Å². The van der Waals surface area contributed by atoms with Crippen LogP contribution in [0, 0.1) is 39.5 Å². The third kappa shape index (κ3) is 11.7. The van der Waals surface area contributed by atoms with Crippen molar-refractivity contribution in [3.05, 3.63) is 179 Å². The van der Waals surface area contributed by atoms with Gasteiger partial charge in [0.2, 0.25) is 0 Å². The van der Waals surface area contributed by atoms with Gasteiger partial charge in [0.15, 0.2) is 0 Å². The summed E-state index contributed by atoms with van der Waals surface area (Å²) in [4.78, 5) is 0. The van der Waals surface area contributed by atoms with Gasteiger partial charge in [-0.1, -0.05) is 254 Å². The maximum absolute atomic E-state index is 2.48. The molecule has 0 saturated heterocycles. The van der Waals surface area contributed by atoms with Crippen molar-refractivity contribution in [1.82, 2.24) is 0 Å². The summed E-state index contributed by atoms with van der Waals surface area (Å²) in [5.74, 6) is 1.72. The summed E-state index contributed by atoms with van der Waals surface area (Å²) in [5, 5.41) is 5.62. The van der Waals surface area contributed by atoms with Crippen molar-refractivity contribution < 1.29 is 26.2 Å². The Morgan fingerprint density at radius 1 is 0.391 bits per heavy atom. The molecule has 0 bridgehead atoms. The number of hydrogen-bond donors (Lipinski definition) is 0. The molecule has 0 aliphatic heterocycles. The zero-order chi connectivity index (χ0) is 43.7. The Balaban J connectivity index is 0.000000178. The third-order valence-electron chi connectivity index (χ3n) is 13.8. The van der Waals surface area contributed by atoms with E-state index in [-0.39, 0.29) is 26.2 Å². The molecular weight excluding hydrogens is 864 g/mol. The maximum atomic E-state index is 2.48. The van der Waals surface area contributed by atoms with E-state index in [2.05, 4.69) is 186 Å². The van der Waals surface area contributed by atoms with E-state index in [9.17, 15) is 0 Å². The van der Waals surface area contributed by atoms with E-state index in [0.717, 1.165) is 21.4 Å². The summed E-state index contributed by atoms with van der Waals surface area (Å²) >= 11 is 0. The largest absolute Gasteiger partial charge is 2.00 e. The summed E-state index contributed by atoms with van der Waals surface area (Å²) in [7, 11) is 1.08. The van der Waals surface area contributed by atoms with Gasteiger partial charge in [-0.05, 0) is 63.5 Å². The SMILES string of the molecule is C[Si]C.Cc1ccc(-c2ccc(-c3ccc(C)cc3)c3[cH-]c(CC4CCCCC4)cc23)cc1.Cc1ccc(-c2ccc(-c3ccc(C)cc3)c3[cH-]c(CC4CCCCC4)cc23)cc1.[Zr+2]. The zero-order valence-electron chi connectivity index (χ0n) is 39.5. The van der Waals surface area contributed by atoms with E-state index in [4.69, 9.17) is 0 Å². The van der Waals surface area contributed by atoms with Crippen LogP contribution in [0.3, 0.4) is 0 Å². The molecule has 2 aliphatic carbocycles. The average Bonchev–Trinajstić information content (AvgIpc) is 3.93. The van der Waals surface area contributed by atoms with Crippen LogP contribution in [0.4, 0.5) is 0 Å². The molecule has 0 nitrogen and oxygen atoms in total. The summed E-state index contributed by atoms with van der Waals surface area (Å²) in [6, 6.07) is 55.2. The van der Waals surface area contributed by atoms with Crippen molar-refractivity contribution in [1.29, 1.82) is 0 Å². The van der Waals surface area contributed by atoms with Gasteiger partial charge in [0.25, 0.3) is 0 Å². The molecule has 0 N–H and O–H groups in total. The monoisotopic (exact) mass is 930 g/mol. The molecule has 0 atom stereocenters. The number of benzene rings is 6. The van der Waals surface area contributed by atoms with Crippen LogP contribution in [-0.4, -0.2) is 9.52 Å². The number of hydrogen-bond acceptors (Lipinski definition) is 0. The summed E-state index contributed by atoms with van der Waals surface area (Å²) in [6.45, 7) is 12.9. The molecule has 8 aromatic rings. The Labute approximate surface area is 407 Å². The van der Waals surface area contributed by atoms with E-state index < -0.39 is 0 Å². The molecule has 0 aromatic heterocycles. The Kier molecular flexibility index (Phi) is 16.9. The normalized spacial score (nSPS) is 14.3. The van der Waals surface area contributed by atoms with Gasteiger partial charge in [-0.3, -0.25) is 0 Å². The Morgan fingerprint density at radius 3 is 0.953 bits per heavy atom. The zero-order valence-corrected chi connectivity index (χ0v) is 43.0. The fourth-order valence-electron chi connectivity index (χ4n) is 10.3. The second-order valence-electron chi connectivity index (χ2n) is 19.1. The van der Waals surface area contributed by atoms with Crippen LogP contribution >= 0.6 is 0 Å². The van der Waals surface area contributed by atoms with Crippen LogP contribution in [0.5, 0.6) is 0 Å². The molecular formula is C62H68SiZr. The molecule has 2 fully saturated rings. The first-order chi connectivity index (χ1) is 30.8. The molecule has 0 unspecified atom stereocenters. The van der Waals surface area contributed by atoms with Gasteiger partial charge >= 0.3 is 26.2 Å². The molecule has 0 amide bonds. The van der Waals surface area contributed by atoms with Gasteiger partial charge < -0.3 is 0 Å². The second-order valence-corrected chi connectivity index (χ2v) is 20.1. The van der Waals surface area contributed by atoms with E-state index in [1.54, 1.807) is 0 Å². The first kappa shape index (κ1) is 47.6. The number of rotatable bonds is 8. The number of fused-ring (bicyclic) bond motifs is 2. The first-order valence-corrected chi connectivity index (χ1v) is 26.1. The van der Waals surface area contributed by atoms with Crippen LogP contribution < -0.4 is 0 Å². The van der Waals surface area contributed by atoms with Crippen LogP contribution in [0.15, 0.2) is 146 Å². The molecule has 2 radical (unpaired) electrons. The fraction of sp³-hybridized carbons (Fsp3) is 0.323. The minimum absolute atomic E-state index is 0. The van der Waals surface area contributed by atoms with Gasteiger partial charge in [-0.25, -0.2) is 0 Å². The molecule has 2 aliphatic rings. The van der Waals surface area contributed by atoms with Crippen LogP contribution in [0.1, 0.15) is 97.6 Å². The Morgan fingerprint density at radius 2 is 0.656 bits per heavy atom. The molecule has 64 heavy (non-hydrogen) atoms. The quantitative estimate of drug-likeness (QED) is 0.105. The van der Waals surface area contributed by atoms with E-state index in [1.165, 1.54) is 176 Å². The van der Waals surface area contributed by atoms with Gasteiger partial charge in [0, 0.05) is 9.52 Å². The predicted octanol–water partition coefficient (Wildman–Crippen LogP) is 18.0. The van der Waals surface area contributed by atoms with Crippen molar-refractivity contribution in [3.8, 4) is 44.5 Å². The van der Waals surface area contributed by atoms with Crippen molar-refractivity contribution in [2.75, 3.05) is 0 Å². The third-order valence-corrected chi connectivity index (χ3v) is 13.8. The van der Waals surface area contributed by atoms with Crippen molar-refractivity contribution >= 4 is 31.1 Å². The molecule has 2 saturated carbocycles. The van der Waals surface area contributed by atoms with E-state index >= 15 is 0 Å². The van der Waals surface area contributed by atoms with Gasteiger partial charge in [0.1, 0.15) is 0 Å². The maximum Gasteiger partial charge on any atom is 2.00 e. The number of aryl methyl sites for hydroxylation is 4. The predicted molar refractivity (Wildman–Crippen MR) is 278 cm³/mol. The van der Waals surface area contributed by atoms with Crippen molar-refractivity contribution in [2.24, 2.45) is 11.8 Å². The Bertz CT molecular complexity index is 2320. The molecule has 324 valence electrons. The topological polar surface area (TPSA) is 0 Å². The molecule has 8 aromatic carbocycles. The Hall–Kier alpha value is -4.36. The fourth-order valence-corrected chi connectivity index (χ4v) is 10.3. The first-order valence-electron chi connectivity index (χ1n) is 24.1.